The first-order chi connectivity index (χ1) is 8.06. The molecule has 1 unspecified atom stereocenters. The zero-order chi connectivity index (χ0) is 12.8. The summed E-state index contributed by atoms with van der Waals surface area (Å²) in [6.07, 6.45) is 0.899. The van der Waals surface area contributed by atoms with Crippen LogP contribution in [0.25, 0.3) is 0 Å². The Labute approximate surface area is 103 Å². The van der Waals surface area contributed by atoms with E-state index in [0.717, 1.165) is 13.0 Å². The van der Waals surface area contributed by atoms with Crippen LogP contribution in [0.15, 0.2) is 0 Å². The topological polar surface area (TPSA) is 70.2 Å². The second kappa shape index (κ2) is 6.59. The van der Waals surface area contributed by atoms with Gasteiger partial charge >= 0.3 is 0 Å². The number of hydrogen-bond acceptors (Lipinski definition) is 3. The van der Waals surface area contributed by atoms with Gasteiger partial charge in [-0.2, -0.15) is 0 Å². The highest BCUT2D eigenvalue weighted by molar-refractivity contribution is 5.88. The molecule has 0 bridgehead atoms. The number of carbonyl (C=O) groups is 2. The van der Waals surface area contributed by atoms with Crippen molar-refractivity contribution in [1.82, 2.24) is 16.0 Å². The van der Waals surface area contributed by atoms with Crippen LogP contribution in [0, 0.1) is 11.8 Å². The molecule has 0 spiro atoms. The smallest absolute Gasteiger partial charge is 0.242 e. The van der Waals surface area contributed by atoms with Crippen molar-refractivity contribution in [3.05, 3.63) is 0 Å². The molecule has 1 fully saturated rings. The van der Waals surface area contributed by atoms with Gasteiger partial charge in [-0.25, -0.2) is 0 Å². The Bertz CT molecular complexity index is 281. The fourth-order valence-corrected chi connectivity index (χ4v) is 1.95. The van der Waals surface area contributed by atoms with E-state index in [1.165, 1.54) is 0 Å². The Morgan fingerprint density at radius 2 is 2.12 bits per heavy atom. The summed E-state index contributed by atoms with van der Waals surface area (Å²) in [5, 5.41) is 8.72. The van der Waals surface area contributed by atoms with E-state index in [1.807, 2.05) is 13.8 Å². The molecule has 3 atom stereocenters. The standard InChI is InChI=1S/C12H23N3O2/c1-4-5-14-11(16)9(3)15-12(17)10-7-13-6-8(10)2/h8-10,13H,4-7H2,1-3H3,(H,14,16)(H,15,17)/t8-,9?,10-/m1/s1. The maximum Gasteiger partial charge on any atom is 0.242 e. The second-order valence-electron chi connectivity index (χ2n) is 4.76. The average Bonchev–Trinajstić information content (AvgIpc) is 2.72. The van der Waals surface area contributed by atoms with Crippen LogP contribution in [0.5, 0.6) is 0 Å². The lowest BCUT2D eigenvalue weighted by Crippen LogP contribution is -2.47. The van der Waals surface area contributed by atoms with Gasteiger partial charge in [0.05, 0.1) is 5.92 Å². The summed E-state index contributed by atoms with van der Waals surface area (Å²) < 4.78 is 0. The van der Waals surface area contributed by atoms with Gasteiger partial charge in [0.2, 0.25) is 11.8 Å². The Kier molecular flexibility index (Phi) is 5.41. The van der Waals surface area contributed by atoms with Gasteiger partial charge in [0.25, 0.3) is 0 Å². The fourth-order valence-electron chi connectivity index (χ4n) is 1.95. The average molecular weight is 241 g/mol. The van der Waals surface area contributed by atoms with E-state index < -0.39 is 6.04 Å². The van der Waals surface area contributed by atoms with Crippen molar-refractivity contribution >= 4 is 11.8 Å². The van der Waals surface area contributed by atoms with Gasteiger partial charge in [-0.3, -0.25) is 9.59 Å². The first-order valence-electron chi connectivity index (χ1n) is 6.35. The molecule has 0 saturated carbocycles. The molecule has 98 valence electrons. The fraction of sp³-hybridized carbons (Fsp3) is 0.833. The molecule has 0 aliphatic carbocycles. The van der Waals surface area contributed by atoms with E-state index in [0.29, 0.717) is 19.0 Å². The number of rotatable bonds is 5. The summed E-state index contributed by atoms with van der Waals surface area (Å²) in [4.78, 5) is 23.5. The van der Waals surface area contributed by atoms with Crippen molar-refractivity contribution in [2.45, 2.75) is 33.2 Å². The summed E-state index contributed by atoms with van der Waals surface area (Å²) in [5.41, 5.74) is 0. The summed E-state index contributed by atoms with van der Waals surface area (Å²) in [7, 11) is 0. The van der Waals surface area contributed by atoms with Crippen molar-refractivity contribution in [3.63, 3.8) is 0 Å². The largest absolute Gasteiger partial charge is 0.354 e. The predicted molar refractivity (Wildman–Crippen MR) is 66.4 cm³/mol. The molecule has 1 saturated heterocycles. The predicted octanol–water partition coefficient (Wildman–Crippen LogP) is -0.127. The molecule has 0 aromatic heterocycles. The number of carbonyl (C=O) groups excluding carboxylic acids is 2. The molecule has 1 rings (SSSR count). The minimum atomic E-state index is -0.457. The van der Waals surface area contributed by atoms with E-state index in [2.05, 4.69) is 16.0 Å². The Balaban J connectivity index is 2.37. The third kappa shape index (κ3) is 4.00. The molecule has 0 radical (unpaired) electrons. The normalized spacial score (nSPS) is 25.4. The SMILES string of the molecule is CCCNC(=O)C(C)NC(=O)[C@@H]1CNC[C@H]1C. The summed E-state index contributed by atoms with van der Waals surface area (Å²) in [5.74, 6) is 0.179. The quantitative estimate of drug-likeness (QED) is 0.628. The monoisotopic (exact) mass is 241 g/mol. The zero-order valence-electron chi connectivity index (χ0n) is 10.9. The van der Waals surface area contributed by atoms with Crippen LogP contribution in [0.3, 0.4) is 0 Å². The lowest BCUT2D eigenvalue weighted by atomic mass is 9.97. The highest BCUT2D eigenvalue weighted by Crippen LogP contribution is 2.15. The van der Waals surface area contributed by atoms with Crippen LogP contribution >= 0.6 is 0 Å². The lowest BCUT2D eigenvalue weighted by Gasteiger charge is -2.18. The van der Waals surface area contributed by atoms with Crippen LogP contribution in [0.2, 0.25) is 0 Å². The molecule has 1 aliphatic rings. The van der Waals surface area contributed by atoms with Crippen LogP contribution in [0.1, 0.15) is 27.2 Å². The van der Waals surface area contributed by atoms with E-state index in [9.17, 15) is 9.59 Å². The number of nitrogens with one attached hydrogen (secondary N) is 3. The highest BCUT2D eigenvalue weighted by Gasteiger charge is 2.30. The van der Waals surface area contributed by atoms with Crippen LogP contribution in [-0.4, -0.2) is 37.5 Å². The van der Waals surface area contributed by atoms with E-state index in [4.69, 9.17) is 0 Å². The molecule has 17 heavy (non-hydrogen) atoms. The number of amides is 2. The number of hydrogen-bond donors (Lipinski definition) is 3. The van der Waals surface area contributed by atoms with E-state index >= 15 is 0 Å². The lowest BCUT2D eigenvalue weighted by molar-refractivity contribution is -0.131. The Hall–Kier alpha value is -1.10. The van der Waals surface area contributed by atoms with Gasteiger partial charge < -0.3 is 16.0 Å². The minimum Gasteiger partial charge on any atom is -0.354 e. The van der Waals surface area contributed by atoms with Crippen molar-refractivity contribution in [2.75, 3.05) is 19.6 Å². The van der Waals surface area contributed by atoms with E-state index in [1.54, 1.807) is 6.92 Å². The van der Waals surface area contributed by atoms with Gasteiger partial charge in [0, 0.05) is 13.1 Å². The molecule has 5 nitrogen and oxygen atoms in total. The first-order valence-corrected chi connectivity index (χ1v) is 6.35. The third-order valence-corrected chi connectivity index (χ3v) is 3.16. The molecule has 5 heteroatoms. The highest BCUT2D eigenvalue weighted by atomic mass is 16.2. The second-order valence-corrected chi connectivity index (χ2v) is 4.76. The van der Waals surface area contributed by atoms with Gasteiger partial charge in [-0.05, 0) is 25.8 Å². The molecular weight excluding hydrogens is 218 g/mol. The van der Waals surface area contributed by atoms with Crippen LogP contribution < -0.4 is 16.0 Å². The molecule has 1 aliphatic heterocycles. The van der Waals surface area contributed by atoms with Gasteiger partial charge in [-0.1, -0.05) is 13.8 Å². The van der Waals surface area contributed by atoms with E-state index in [-0.39, 0.29) is 17.7 Å². The van der Waals surface area contributed by atoms with Gasteiger partial charge in [-0.15, -0.1) is 0 Å². The molecule has 0 aromatic rings. The van der Waals surface area contributed by atoms with Crippen molar-refractivity contribution in [2.24, 2.45) is 11.8 Å². The molecule has 1 heterocycles. The summed E-state index contributed by atoms with van der Waals surface area (Å²) in [6, 6.07) is -0.457. The minimum absolute atomic E-state index is 0.0172. The van der Waals surface area contributed by atoms with Crippen molar-refractivity contribution in [1.29, 1.82) is 0 Å². The summed E-state index contributed by atoms with van der Waals surface area (Å²) >= 11 is 0. The Morgan fingerprint density at radius 3 is 2.65 bits per heavy atom. The van der Waals surface area contributed by atoms with Crippen molar-refractivity contribution < 1.29 is 9.59 Å². The van der Waals surface area contributed by atoms with Crippen LogP contribution in [0.4, 0.5) is 0 Å². The molecule has 2 amide bonds. The van der Waals surface area contributed by atoms with Gasteiger partial charge in [0.1, 0.15) is 6.04 Å². The Morgan fingerprint density at radius 1 is 1.41 bits per heavy atom. The first kappa shape index (κ1) is 14.0. The molecule has 3 N–H and O–H groups in total. The maximum atomic E-state index is 11.9. The van der Waals surface area contributed by atoms with Crippen LogP contribution in [-0.2, 0) is 9.59 Å². The third-order valence-electron chi connectivity index (χ3n) is 3.16. The molecular formula is C12H23N3O2. The molecule has 0 aromatic carbocycles. The van der Waals surface area contributed by atoms with Crippen molar-refractivity contribution in [3.8, 4) is 0 Å². The maximum absolute atomic E-state index is 11.9. The van der Waals surface area contributed by atoms with Gasteiger partial charge in [0.15, 0.2) is 0 Å². The summed E-state index contributed by atoms with van der Waals surface area (Å²) in [6.45, 7) is 7.99. The zero-order valence-corrected chi connectivity index (χ0v) is 10.9.